The molecule has 0 saturated carbocycles. The summed E-state index contributed by atoms with van der Waals surface area (Å²) in [5.41, 5.74) is 22.1. The Morgan fingerprint density at radius 2 is 0.672 bits per heavy atom. The number of hydrogen-bond donors (Lipinski definition) is 0. The van der Waals surface area contributed by atoms with Crippen LogP contribution in [0.5, 0.6) is 0 Å². The number of hydrogen-bond acceptors (Lipinski definition) is 2. The van der Waals surface area contributed by atoms with Crippen LogP contribution in [0.25, 0.3) is 82.6 Å². The molecule has 0 amide bonds. The lowest BCUT2D eigenvalue weighted by atomic mass is 9.69. The molecule has 15 rings (SSSR count). The molecule has 2 aromatic heterocycles. The van der Waals surface area contributed by atoms with E-state index in [0.29, 0.717) is 11.1 Å². The van der Waals surface area contributed by atoms with Crippen molar-refractivity contribution >= 4 is 38.1 Å². The molecule has 0 saturated heterocycles. The fraction of sp³-hybridized carbons (Fsp3) is 0.0345. The van der Waals surface area contributed by atoms with Crippen molar-refractivity contribution in [1.82, 2.24) is 4.40 Å². The van der Waals surface area contributed by atoms with Crippen LogP contribution in [0.2, 0.25) is 0 Å². The van der Waals surface area contributed by atoms with Crippen molar-refractivity contribution in [3.63, 3.8) is 0 Å². The predicted molar refractivity (Wildman–Crippen MR) is 243 cm³/mol. The summed E-state index contributed by atoms with van der Waals surface area (Å²) in [7, 11) is 0. The minimum absolute atomic E-state index is 0.639. The normalized spacial score (nSPS) is 14.8. The van der Waals surface area contributed by atoms with Crippen LogP contribution >= 0.6 is 0 Å². The van der Waals surface area contributed by atoms with E-state index in [2.05, 4.69) is 192 Å². The highest BCUT2D eigenvalue weighted by Crippen LogP contribution is 2.68. The lowest BCUT2D eigenvalue weighted by molar-refractivity contribution is 0.801. The second kappa shape index (κ2) is 10.5. The molecule has 0 N–H and O–H groups in total. The Bertz CT molecular complexity index is 3630. The molecule has 9 aromatic carbocycles. The Morgan fingerprint density at radius 3 is 1.02 bits per heavy atom. The zero-order chi connectivity index (χ0) is 39.9. The molecule has 4 aliphatic rings. The monoisotopic (exact) mass is 767 g/mol. The summed E-state index contributed by atoms with van der Waals surface area (Å²) in [6, 6.07) is 69.5. The number of nitriles is 2. The maximum atomic E-state index is 11.3. The van der Waals surface area contributed by atoms with Gasteiger partial charge in [-0.05, 0) is 90.0 Å². The first-order valence-electron chi connectivity index (χ1n) is 21.0. The van der Waals surface area contributed by atoms with Crippen molar-refractivity contribution in [2.24, 2.45) is 0 Å². The first kappa shape index (κ1) is 31.7. The Kier molecular flexibility index (Phi) is 5.45. The SMILES string of the molecule is N#Cc1cc2c(c3c1-c1ccccc1C31c3ccccc3-c3ccccc31)c1cccc3c4c5c(c(C#N)cc4n2c13)-c1ccccc1C51c2ccccc2-c2ccccc21. The van der Waals surface area contributed by atoms with Crippen LogP contribution in [-0.4, -0.2) is 4.40 Å². The van der Waals surface area contributed by atoms with E-state index in [1.807, 2.05) is 0 Å². The molecule has 61 heavy (non-hydrogen) atoms. The van der Waals surface area contributed by atoms with Crippen molar-refractivity contribution in [1.29, 1.82) is 10.5 Å². The molecule has 2 spiro atoms. The van der Waals surface area contributed by atoms with Crippen LogP contribution in [0, 0.1) is 22.7 Å². The fourth-order valence-corrected chi connectivity index (χ4v) is 13.2. The lowest BCUT2D eigenvalue weighted by Gasteiger charge is -2.31. The van der Waals surface area contributed by atoms with E-state index < -0.39 is 10.8 Å². The van der Waals surface area contributed by atoms with Gasteiger partial charge >= 0.3 is 0 Å². The van der Waals surface area contributed by atoms with Crippen molar-refractivity contribution in [2.75, 3.05) is 0 Å². The topological polar surface area (TPSA) is 52.0 Å². The maximum absolute atomic E-state index is 11.3. The Morgan fingerprint density at radius 1 is 0.361 bits per heavy atom. The van der Waals surface area contributed by atoms with E-state index in [9.17, 15) is 10.5 Å². The molecule has 0 aliphatic heterocycles. The van der Waals surface area contributed by atoms with Crippen LogP contribution in [0.3, 0.4) is 0 Å². The average molecular weight is 768 g/mol. The number of fused-ring (bicyclic) bond motifs is 28. The van der Waals surface area contributed by atoms with E-state index in [1.165, 1.54) is 66.8 Å². The van der Waals surface area contributed by atoms with Gasteiger partial charge in [0.25, 0.3) is 0 Å². The van der Waals surface area contributed by atoms with Crippen molar-refractivity contribution in [2.45, 2.75) is 10.8 Å². The van der Waals surface area contributed by atoms with E-state index in [1.54, 1.807) is 0 Å². The minimum Gasteiger partial charge on any atom is -0.308 e. The van der Waals surface area contributed by atoms with E-state index >= 15 is 0 Å². The highest BCUT2D eigenvalue weighted by Gasteiger charge is 2.55. The predicted octanol–water partition coefficient (Wildman–Crippen LogP) is 13.3. The molecule has 0 atom stereocenters. The Labute approximate surface area is 350 Å². The zero-order valence-corrected chi connectivity index (χ0v) is 32.6. The van der Waals surface area contributed by atoms with Gasteiger partial charge in [-0.3, -0.25) is 0 Å². The van der Waals surface area contributed by atoms with Crippen molar-refractivity contribution < 1.29 is 0 Å². The summed E-state index contributed by atoms with van der Waals surface area (Å²) in [5.74, 6) is 0. The maximum Gasteiger partial charge on any atom is 0.0999 e. The van der Waals surface area contributed by atoms with Gasteiger partial charge in [0.2, 0.25) is 0 Å². The molecule has 0 radical (unpaired) electrons. The van der Waals surface area contributed by atoms with Crippen LogP contribution in [0.1, 0.15) is 55.6 Å². The third-order valence-corrected chi connectivity index (χ3v) is 15.0. The highest BCUT2D eigenvalue weighted by atomic mass is 14.9. The van der Waals surface area contributed by atoms with Gasteiger partial charge < -0.3 is 4.40 Å². The number of rotatable bonds is 0. The first-order chi connectivity index (χ1) is 30.2. The van der Waals surface area contributed by atoms with Crippen molar-refractivity contribution in [3.05, 3.63) is 232 Å². The third kappa shape index (κ3) is 3.21. The molecule has 4 aliphatic carbocycles. The fourth-order valence-electron chi connectivity index (χ4n) is 13.2. The molecular formula is C58H29N3. The van der Waals surface area contributed by atoms with Crippen LogP contribution in [0.4, 0.5) is 0 Å². The molecule has 0 unspecified atom stereocenters. The van der Waals surface area contributed by atoms with Crippen LogP contribution in [-0.2, 0) is 10.8 Å². The number of nitrogens with zero attached hydrogens (tertiary/aromatic N) is 3. The summed E-state index contributed by atoms with van der Waals surface area (Å²) in [6.07, 6.45) is 0. The summed E-state index contributed by atoms with van der Waals surface area (Å²) in [4.78, 5) is 0. The van der Waals surface area contributed by atoms with Gasteiger partial charge in [-0.15, -0.1) is 0 Å². The smallest absolute Gasteiger partial charge is 0.0999 e. The van der Waals surface area contributed by atoms with Crippen molar-refractivity contribution in [3.8, 4) is 56.6 Å². The third-order valence-electron chi connectivity index (χ3n) is 15.0. The lowest BCUT2D eigenvalue weighted by Crippen LogP contribution is -2.26. The second-order valence-corrected chi connectivity index (χ2v) is 17.2. The molecule has 0 bridgehead atoms. The molecule has 3 heteroatoms. The van der Waals surface area contributed by atoms with E-state index in [0.717, 1.165) is 60.3 Å². The van der Waals surface area contributed by atoms with Gasteiger partial charge in [-0.2, -0.15) is 10.5 Å². The molecule has 0 fully saturated rings. The van der Waals surface area contributed by atoms with Gasteiger partial charge in [0.1, 0.15) is 0 Å². The zero-order valence-electron chi connectivity index (χ0n) is 32.6. The second-order valence-electron chi connectivity index (χ2n) is 17.2. The van der Waals surface area contributed by atoms with Gasteiger partial charge in [0, 0.05) is 32.7 Å². The van der Waals surface area contributed by atoms with E-state index in [-0.39, 0.29) is 0 Å². The molecule has 276 valence electrons. The first-order valence-corrected chi connectivity index (χ1v) is 21.0. The van der Waals surface area contributed by atoms with E-state index in [4.69, 9.17) is 0 Å². The van der Waals surface area contributed by atoms with Gasteiger partial charge in [0.15, 0.2) is 0 Å². The largest absolute Gasteiger partial charge is 0.308 e. The Balaban J connectivity index is 1.18. The molecule has 3 nitrogen and oxygen atoms in total. The number of benzene rings is 9. The van der Waals surface area contributed by atoms with Crippen LogP contribution < -0.4 is 0 Å². The van der Waals surface area contributed by atoms with Gasteiger partial charge in [0.05, 0.1) is 50.6 Å². The van der Waals surface area contributed by atoms with Gasteiger partial charge in [-0.25, -0.2) is 0 Å². The highest BCUT2D eigenvalue weighted by molar-refractivity contribution is 6.28. The quantitative estimate of drug-likeness (QED) is 0.154. The molecular weight excluding hydrogens is 739 g/mol. The minimum atomic E-state index is -0.639. The Hall–Kier alpha value is -8.24. The average Bonchev–Trinajstić information content (AvgIpc) is 4.14. The standard InChI is InChI=1S/C58H29N3/c59-30-32-28-48-52(54-50(32)38-18-5-11-26-46(38)57(54)42-22-7-1-14-34(42)35-15-2-8-23-43(35)57)40-20-13-21-41-53-49(61(48)56(40)41)29-33(31-60)51-39-19-6-12-27-47(39)58(55(51)53)44-24-9-3-16-36(44)37-17-4-10-25-45(37)58/h1-29H. The number of aromatic nitrogens is 1. The molecule has 2 heterocycles. The summed E-state index contributed by atoms with van der Waals surface area (Å²) in [6.45, 7) is 0. The summed E-state index contributed by atoms with van der Waals surface area (Å²) in [5, 5.41) is 27.2. The van der Waals surface area contributed by atoms with Crippen LogP contribution in [0.15, 0.2) is 176 Å². The molecule has 11 aromatic rings. The van der Waals surface area contributed by atoms with Gasteiger partial charge in [-0.1, -0.05) is 164 Å². The number of para-hydroxylation sites is 1. The summed E-state index contributed by atoms with van der Waals surface area (Å²) >= 11 is 0. The summed E-state index contributed by atoms with van der Waals surface area (Å²) < 4.78 is 2.41.